The smallest absolute Gasteiger partial charge is 0.433 e. The molecule has 0 bridgehead atoms. The molecule has 1 aliphatic rings. The molecule has 0 aromatic carbocycles. The van der Waals surface area contributed by atoms with Gasteiger partial charge in [-0.1, -0.05) is 0 Å². The summed E-state index contributed by atoms with van der Waals surface area (Å²) in [5.74, 6) is 0. The molecule has 1 aromatic heterocycles. The van der Waals surface area contributed by atoms with Gasteiger partial charge in [-0.05, 0) is 12.1 Å². The van der Waals surface area contributed by atoms with Crippen LogP contribution in [0.15, 0.2) is 18.3 Å². The highest BCUT2D eigenvalue weighted by molar-refractivity contribution is 5.64. The number of halogens is 3. The Bertz CT molecular complexity index is 485. The molecule has 0 atom stereocenters. The second kappa shape index (κ2) is 5.56. The molecule has 20 heavy (non-hydrogen) atoms. The maximum absolute atomic E-state index is 12.6. The van der Waals surface area contributed by atoms with Crippen molar-refractivity contribution >= 4 is 11.8 Å². The minimum absolute atomic E-state index is 0.271. The third-order valence-electron chi connectivity index (χ3n) is 3.12. The Kier molecular flexibility index (Phi) is 4.01. The number of anilines is 1. The number of rotatable bonds is 2. The van der Waals surface area contributed by atoms with Crippen molar-refractivity contribution in [2.45, 2.75) is 25.1 Å². The molecule has 5 nitrogen and oxygen atoms in total. The Labute approximate surface area is 113 Å². The zero-order valence-electron chi connectivity index (χ0n) is 10.6. The normalized spacial score (nSPS) is 17.1. The molecule has 110 valence electrons. The lowest BCUT2D eigenvalue weighted by atomic mass is 10.1. The number of carbonyl (C=O) groups is 1. The monoisotopic (exact) mass is 289 g/mol. The third-order valence-corrected chi connectivity index (χ3v) is 3.12. The number of amides is 1. The summed E-state index contributed by atoms with van der Waals surface area (Å²) in [6, 6.07) is 2.56. The van der Waals surface area contributed by atoms with Crippen LogP contribution in [-0.4, -0.2) is 30.3 Å². The summed E-state index contributed by atoms with van der Waals surface area (Å²) in [4.78, 5) is 15.8. The number of primary amides is 1. The lowest BCUT2D eigenvalue weighted by molar-refractivity contribution is -0.141. The van der Waals surface area contributed by atoms with E-state index in [9.17, 15) is 18.0 Å². The number of hydrogen-bond donors (Lipinski definition) is 1. The van der Waals surface area contributed by atoms with E-state index in [2.05, 4.69) is 4.98 Å². The number of nitrogens with two attached hydrogens (primary N) is 1. The molecule has 1 saturated heterocycles. The zero-order chi connectivity index (χ0) is 14.8. The zero-order valence-corrected chi connectivity index (χ0v) is 10.6. The summed E-state index contributed by atoms with van der Waals surface area (Å²) >= 11 is 0. The summed E-state index contributed by atoms with van der Waals surface area (Å²) in [6.07, 6.45) is -3.34. The van der Waals surface area contributed by atoms with Crippen molar-refractivity contribution in [3.63, 3.8) is 0 Å². The number of alkyl halides is 3. The fraction of sp³-hybridized carbons (Fsp3) is 0.500. The van der Waals surface area contributed by atoms with Gasteiger partial charge in [0.05, 0.1) is 0 Å². The number of piperidine rings is 1. The Morgan fingerprint density at radius 1 is 1.40 bits per heavy atom. The van der Waals surface area contributed by atoms with Crippen molar-refractivity contribution in [3.05, 3.63) is 24.0 Å². The Morgan fingerprint density at radius 2 is 2.05 bits per heavy atom. The van der Waals surface area contributed by atoms with Gasteiger partial charge in [-0.3, -0.25) is 4.98 Å². The quantitative estimate of drug-likeness (QED) is 0.906. The van der Waals surface area contributed by atoms with Gasteiger partial charge in [0.2, 0.25) is 0 Å². The first kappa shape index (κ1) is 14.4. The van der Waals surface area contributed by atoms with E-state index >= 15 is 0 Å². The molecule has 0 radical (unpaired) electrons. The highest BCUT2D eigenvalue weighted by atomic mass is 19.4. The molecule has 1 fully saturated rings. The average molecular weight is 289 g/mol. The van der Waals surface area contributed by atoms with Crippen LogP contribution in [0.25, 0.3) is 0 Å². The predicted octanol–water partition coefficient (Wildman–Crippen LogP) is 2.16. The van der Waals surface area contributed by atoms with Crippen LogP contribution in [0.2, 0.25) is 0 Å². The molecule has 2 rings (SSSR count). The van der Waals surface area contributed by atoms with E-state index in [4.69, 9.17) is 10.5 Å². The van der Waals surface area contributed by atoms with Gasteiger partial charge in [0, 0.05) is 37.8 Å². The Morgan fingerprint density at radius 3 is 2.60 bits per heavy atom. The van der Waals surface area contributed by atoms with Crippen LogP contribution in [0.3, 0.4) is 0 Å². The number of pyridine rings is 1. The second-order valence-electron chi connectivity index (χ2n) is 4.52. The summed E-state index contributed by atoms with van der Waals surface area (Å²) in [5.41, 5.74) is 4.48. The predicted molar refractivity (Wildman–Crippen MR) is 65.1 cm³/mol. The SMILES string of the molecule is NC(=O)OC1CCN(c2ccnc(C(F)(F)F)c2)CC1. The van der Waals surface area contributed by atoms with Gasteiger partial charge in [0.15, 0.2) is 0 Å². The summed E-state index contributed by atoms with van der Waals surface area (Å²) in [6.45, 7) is 0.999. The third kappa shape index (κ3) is 3.52. The maximum atomic E-state index is 12.6. The van der Waals surface area contributed by atoms with Crippen molar-refractivity contribution < 1.29 is 22.7 Å². The number of carbonyl (C=O) groups excluding carboxylic acids is 1. The number of nitrogens with zero attached hydrogens (tertiary/aromatic N) is 2. The first-order valence-corrected chi connectivity index (χ1v) is 6.10. The number of ether oxygens (including phenoxy) is 1. The molecule has 0 saturated carbocycles. The highest BCUT2D eigenvalue weighted by Gasteiger charge is 2.33. The molecule has 0 aliphatic carbocycles. The Balaban J connectivity index is 2.02. The molecular weight excluding hydrogens is 275 g/mol. The van der Waals surface area contributed by atoms with Gasteiger partial charge in [-0.15, -0.1) is 0 Å². The Hall–Kier alpha value is -1.99. The minimum Gasteiger partial charge on any atom is -0.446 e. The molecular formula is C12H14F3N3O2. The molecule has 1 amide bonds. The lowest BCUT2D eigenvalue weighted by Gasteiger charge is -2.33. The molecule has 0 spiro atoms. The van der Waals surface area contributed by atoms with Crippen LogP contribution in [0.1, 0.15) is 18.5 Å². The van der Waals surface area contributed by atoms with Crippen molar-refractivity contribution in [2.24, 2.45) is 5.73 Å². The first-order chi connectivity index (χ1) is 9.36. The first-order valence-electron chi connectivity index (χ1n) is 6.10. The van der Waals surface area contributed by atoms with Crippen molar-refractivity contribution in [1.29, 1.82) is 0 Å². The average Bonchev–Trinajstić information content (AvgIpc) is 2.38. The topological polar surface area (TPSA) is 68.5 Å². The molecule has 2 heterocycles. The maximum Gasteiger partial charge on any atom is 0.433 e. The van der Waals surface area contributed by atoms with Crippen LogP contribution in [0, 0.1) is 0 Å². The summed E-state index contributed by atoms with van der Waals surface area (Å²) in [7, 11) is 0. The molecule has 8 heteroatoms. The minimum atomic E-state index is -4.45. The van der Waals surface area contributed by atoms with E-state index in [1.165, 1.54) is 6.07 Å². The van der Waals surface area contributed by atoms with Crippen LogP contribution >= 0.6 is 0 Å². The standard InChI is InChI=1S/C12H14F3N3O2/c13-12(14,15)10-7-8(1-4-17-10)18-5-2-9(3-6-18)20-11(16)19/h1,4,7,9H,2-3,5-6H2,(H2,16,19). The summed E-state index contributed by atoms with van der Waals surface area (Å²) < 4.78 is 42.6. The van der Waals surface area contributed by atoms with Crippen LogP contribution in [-0.2, 0) is 10.9 Å². The van der Waals surface area contributed by atoms with E-state index < -0.39 is 18.0 Å². The molecule has 0 unspecified atom stereocenters. The van der Waals surface area contributed by atoms with Crippen molar-refractivity contribution in [3.8, 4) is 0 Å². The largest absolute Gasteiger partial charge is 0.446 e. The van der Waals surface area contributed by atoms with E-state index in [-0.39, 0.29) is 6.10 Å². The number of hydrogen-bond acceptors (Lipinski definition) is 4. The second-order valence-corrected chi connectivity index (χ2v) is 4.52. The van der Waals surface area contributed by atoms with E-state index in [0.717, 1.165) is 12.3 Å². The summed E-state index contributed by atoms with van der Waals surface area (Å²) in [5, 5.41) is 0. The number of aromatic nitrogens is 1. The highest BCUT2D eigenvalue weighted by Crippen LogP contribution is 2.30. The van der Waals surface area contributed by atoms with Crippen LogP contribution in [0.4, 0.5) is 23.7 Å². The fourth-order valence-electron chi connectivity index (χ4n) is 2.17. The van der Waals surface area contributed by atoms with Gasteiger partial charge < -0.3 is 15.4 Å². The van der Waals surface area contributed by atoms with Crippen LogP contribution < -0.4 is 10.6 Å². The molecule has 1 aliphatic heterocycles. The van der Waals surface area contributed by atoms with E-state index in [1.54, 1.807) is 4.90 Å². The lowest BCUT2D eigenvalue weighted by Crippen LogP contribution is -2.38. The van der Waals surface area contributed by atoms with Gasteiger partial charge in [0.25, 0.3) is 0 Å². The van der Waals surface area contributed by atoms with Crippen LogP contribution in [0.5, 0.6) is 0 Å². The van der Waals surface area contributed by atoms with E-state index in [0.29, 0.717) is 31.6 Å². The van der Waals surface area contributed by atoms with E-state index in [1.807, 2.05) is 0 Å². The van der Waals surface area contributed by atoms with Crippen molar-refractivity contribution in [1.82, 2.24) is 4.98 Å². The van der Waals surface area contributed by atoms with Crippen molar-refractivity contribution in [2.75, 3.05) is 18.0 Å². The van der Waals surface area contributed by atoms with Gasteiger partial charge in [-0.2, -0.15) is 13.2 Å². The fourth-order valence-corrected chi connectivity index (χ4v) is 2.17. The van der Waals surface area contributed by atoms with Gasteiger partial charge in [-0.25, -0.2) is 4.79 Å². The van der Waals surface area contributed by atoms with Gasteiger partial charge >= 0.3 is 12.3 Å². The van der Waals surface area contributed by atoms with Gasteiger partial charge in [0.1, 0.15) is 11.8 Å². The molecule has 1 aromatic rings. The molecule has 2 N–H and O–H groups in total.